The summed E-state index contributed by atoms with van der Waals surface area (Å²) in [7, 11) is 0. The maximum Gasteiger partial charge on any atom is 0.407 e. The number of hydrogen-bond donors (Lipinski definition) is 1. The highest BCUT2D eigenvalue weighted by atomic mass is 35.5. The van der Waals surface area contributed by atoms with Crippen molar-refractivity contribution in [1.82, 2.24) is 10.2 Å². The Hall–Kier alpha value is -1.46. The first-order valence-electron chi connectivity index (χ1n) is 8.19. The van der Waals surface area contributed by atoms with E-state index in [0.29, 0.717) is 48.1 Å². The quantitative estimate of drug-likeness (QED) is 0.790. The molecule has 1 aromatic rings. The fraction of sp³-hybridized carbons (Fsp3) is 0.529. The number of ether oxygens (including phenoxy) is 1. The molecule has 1 aliphatic heterocycles. The molecule has 0 saturated carbocycles. The van der Waals surface area contributed by atoms with E-state index in [2.05, 4.69) is 5.32 Å². The number of carbonyl (C=O) groups is 2. The minimum atomic E-state index is -0.377. The first-order chi connectivity index (χ1) is 11.5. The summed E-state index contributed by atoms with van der Waals surface area (Å²) in [6, 6.07) is 4.92. The minimum absolute atomic E-state index is 0.0389. The van der Waals surface area contributed by atoms with E-state index in [1.807, 2.05) is 6.92 Å². The highest BCUT2D eigenvalue weighted by molar-refractivity contribution is 6.42. The van der Waals surface area contributed by atoms with E-state index in [4.69, 9.17) is 27.9 Å². The Balaban J connectivity index is 1.80. The Labute approximate surface area is 152 Å². The topological polar surface area (TPSA) is 58.6 Å². The van der Waals surface area contributed by atoms with Crippen molar-refractivity contribution < 1.29 is 14.3 Å². The molecule has 1 saturated heterocycles. The van der Waals surface area contributed by atoms with E-state index in [9.17, 15) is 9.59 Å². The number of unbranched alkanes of at least 4 members (excludes halogenated alkanes) is 1. The molecule has 0 spiro atoms. The average molecular weight is 373 g/mol. The van der Waals surface area contributed by atoms with Gasteiger partial charge in [-0.3, -0.25) is 4.79 Å². The molecule has 0 atom stereocenters. The van der Waals surface area contributed by atoms with Crippen molar-refractivity contribution in [3.8, 4) is 0 Å². The van der Waals surface area contributed by atoms with E-state index < -0.39 is 0 Å². The highest BCUT2D eigenvalue weighted by Gasteiger charge is 2.25. The van der Waals surface area contributed by atoms with Gasteiger partial charge in [0.15, 0.2) is 0 Å². The van der Waals surface area contributed by atoms with Crippen LogP contribution in [0.3, 0.4) is 0 Å². The molecule has 132 valence electrons. The molecule has 5 nitrogen and oxygen atoms in total. The van der Waals surface area contributed by atoms with Crippen LogP contribution in [0.15, 0.2) is 18.2 Å². The number of likely N-dealkylation sites (tertiary alicyclic amines) is 1. The number of nitrogens with zero attached hydrogens (tertiary/aromatic N) is 1. The van der Waals surface area contributed by atoms with Crippen LogP contribution in [0, 0.1) is 0 Å². The van der Waals surface area contributed by atoms with Gasteiger partial charge >= 0.3 is 6.09 Å². The Kier molecular flexibility index (Phi) is 7.18. The number of hydrogen-bond acceptors (Lipinski definition) is 3. The van der Waals surface area contributed by atoms with Crippen LogP contribution in [0.5, 0.6) is 0 Å². The van der Waals surface area contributed by atoms with Gasteiger partial charge in [-0.25, -0.2) is 4.79 Å². The second-order valence-electron chi connectivity index (χ2n) is 5.83. The lowest BCUT2D eigenvalue weighted by atomic mass is 10.0. The van der Waals surface area contributed by atoms with Crippen LogP contribution in [-0.4, -0.2) is 42.6 Å². The maximum atomic E-state index is 12.5. The van der Waals surface area contributed by atoms with E-state index in [1.54, 1.807) is 23.1 Å². The third-order valence-corrected chi connectivity index (χ3v) is 4.74. The molecule has 1 N–H and O–H groups in total. The number of piperidine rings is 1. The molecule has 1 aliphatic rings. The predicted octanol–water partition coefficient (Wildman–Crippen LogP) is 4.12. The van der Waals surface area contributed by atoms with Crippen molar-refractivity contribution in [3.63, 3.8) is 0 Å². The lowest BCUT2D eigenvalue weighted by Crippen LogP contribution is -2.46. The molecule has 24 heavy (non-hydrogen) atoms. The zero-order valence-corrected chi connectivity index (χ0v) is 15.2. The number of alkyl carbamates (subject to hydrolysis) is 1. The van der Waals surface area contributed by atoms with Gasteiger partial charge in [0.1, 0.15) is 0 Å². The van der Waals surface area contributed by atoms with Gasteiger partial charge in [0.25, 0.3) is 5.91 Å². The first-order valence-corrected chi connectivity index (χ1v) is 8.94. The third kappa shape index (κ3) is 5.28. The summed E-state index contributed by atoms with van der Waals surface area (Å²) in [6.07, 6.45) is 2.89. The zero-order valence-electron chi connectivity index (χ0n) is 13.7. The fourth-order valence-electron chi connectivity index (χ4n) is 2.56. The lowest BCUT2D eigenvalue weighted by molar-refractivity contribution is 0.0702. The van der Waals surface area contributed by atoms with Crippen LogP contribution in [0.4, 0.5) is 4.79 Å². The largest absolute Gasteiger partial charge is 0.450 e. The second-order valence-corrected chi connectivity index (χ2v) is 6.64. The van der Waals surface area contributed by atoms with Crippen LogP contribution < -0.4 is 5.32 Å². The molecule has 2 amide bonds. The number of carbonyl (C=O) groups excluding carboxylic acids is 2. The van der Waals surface area contributed by atoms with E-state index in [-0.39, 0.29) is 18.0 Å². The zero-order chi connectivity index (χ0) is 17.5. The Morgan fingerprint density at radius 3 is 2.58 bits per heavy atom. The van der Waals surface area contributed by atoms with Gasteiger partial charge in [-0.05, 0) is 37.5 Å². The van der Waals surface area contributed by atoms with Crippen molar-refractivity contribution in [3.05, 3.63) is 33.8 Å². The smallest absolute Gasteiger partial charge is 0.407 e. The molecule has 1 aromatic carbocycles. The van der Waals surface area contributed by atoms with Crippen LogP contribution in [0.2, 0.25) is 10.0 Å². The molecule has 0 bridgehead atoms. The molecule has 1 heterocycles. The lowest BCUT2D eigenvalue weighted by Gasteiger charge is -2.32. The van der Waals surface area contributed by atoms with Gasteiger partial charge in [0, 0.05) is 24.7 Å². The predicted molar refractivity (Wildman–Crippen MR) is 94.8 cm³/mol. The number of rotatable bonds is 5. The Bertz CT molecular complexity index is 587. The van der Waals surface area contributed by atoms with Gasteiger partial charge in [-0.15, -0.1) is 0 Å². The molecule has 0 unspecified atom stereocenters. The van der Waals surface area contributed by atoms with Crippen molar-refractivity contribution in [2.45, 2.75) is 38.6 Å². The number of amides is 2. The van der Waals surface area contributed by atoms with Crippen LogP contribution in [0.25, 0.3) is 0 Å². The average Bonchev–Trinajstić information content (AvgIpc) is 2.57. The van der Waals surface area contributed by atoms with Gasteiger partial charge in [0.2, 0.25) is 0 Å². The molecule has 7 heteroatoms. The standard InChI is InChI=1S/C17H22Cl2N2O3/c1-2-3-10-24-17(23)20-13-6-8-21(9-7-13)16(22)12-4-5-14(18)15(19)11-12/h4-5,11,13H,2-3,6-10H2,1H3,(H,20,23). The van der Waals surface area contributed by atoms with Crippen molar-refractivity contribution in [1.29, 1.82) is 0 Å². The van der Waals surface area contributed by atoms with Crippen LogP contribution >= 0.6 is 23.2 Å². The Morgan fingerprint density at radius 2 is 1.96 bits per heavy atom. The maximum absolute atomic E-state index is 12.5. The third-order valence-electron chi connectivity index (χ3n) is 4.00. The summed E-state index contributed by atoms with van der Waals surface area (Å²) in [6.45, 7) is 3.65. The van der Waals surface area contributed by atoms with Gasteiger partial charge < -0.3 is 15.0 Å². The summed E-state index contributed by atoms with van der Waals surface area (Å²) in [5, 5.41) is 3.65. The van der Waals surface area contributed by atoms with E-state index in [0.717, 1.165) is 12.8 Å². The van der Waals surface area contributed by atoms with Gasteiger partial charge in [-0.2, -0.15) is 0 Å². The molecule has 1 fully saturated rings. The molecular weight excluding hydrogens is 351 g/mol. The highest BCUT2D eigenvalue weighted by Crippen LogP contribution is 2.24. The summed E-state index contributed by atoms with van der Waals surface area (Å²) < 4.78 is 5.10. The Morgan fingerprint density at radius 1 is 1.25 bits per heavy atom. The molecule has 2 rings (SSSR count). The minimum Gasteiger partial charge on any atom is -0.450 e. The fourth-order valence-corrected chi connectivity index (χ4v) is 2.85. The summed E-state index contributed by atoms with van der Waals surface area (Å²) in [5.41, 5.74) is 0.523. The molecule has 0 aliphatic carbocycles. The molecule has 0 radical (unpaired) electrons. The van der Waals surface area contributed by atoms with Crippen molar-refractivity contribution >= 4 is 35.2 Å². The molecule has 0 aromatic heterocycles. The van der Waals surface area contributed by atoms with Crippen LogP contribution in [0.1, 0.15) is 43.0 Å². The first kappa shape index (κ1) is 18.9. The van der Waals surface area contributed by atoms with E-state index >= 15 is 0 Å². The SMILES string of the molecule is CCCCOC(=O)NC1CCN(C(=O)c2ccc(Cl)c(Cl)c2)CC1. The monoisotopic (exact) mass is 372 g/mol. The summed E-state index contributed by atoms with van der Waals surface area (Å²) in [4.78, 5) is 25.9. The number of halogens is 2. The number of benzene rings is 1. The van der Waals surface area contributed by atoms with Gasteiger partial charge in [-0.1, -0.05) is 36.5 Å². The second kappa shape index (κ2) is 9.14. The normalized spacial score (nSPS) is 15.2. The summed E-state index contributed by atoms with van der Waals surface area (Å²) in [5.74, 6) is -0.0717. The van der Waals surface area contributed by atoms with Gasteiger partial charge in [0.05, 0.1) is 16.7 Å². The van der Waals surface area contributed by atoms with E-state index in [1.165, 1.54) is 0 Å². The van der Waals surface area contributed by atoms with Crippen molar-refractivity contribution in [2.24, 2.45) is 0 Å². The van der Waals surface area contributed by atoms with Crippen molar-refractivity contribution in [2.75, 3.05) is 19.7 Å². The number of nitrogens with one attached hydrogen (secondary N) is 1. The van der Waals surface area contributed by atoms with Crippen LogP contribution in [-0.2, 0) is 4.74 Å². The molecular formula is C17H22Cl2N2O3. The summed E-state index contributed by atoms with van der Waals surface area (Å²) >= 11 is 11.8.